The van der Waals surface area contributed by atoms with Gasteiger partial charge in [-0.3, -0.25) is 4.68 Å². The zero-order chi connectivity index (χ0) is 21.4. The molecule has 0 saturated heterocycles. The number of anilines is 1. The van der Waals surface area contributed by atoms with Crippen molar-refractivity contribution in [3.8, 4) is 35.1 Å². The number of aromatic nitrogens is 7. The Hall–Kier alpha value is -4.06. The summed E-state index contributed by atoms with van der Waals surface area (Å²) in [5, 5.41) is 12.5. The molecule has 0 atom stereocenters. The Labute approximate surface area is 172 Å². The molecule has 0 fully saturated rings. The maximum atomic E-state index is 14.7. The average Bonchev–Trinajstić information content (AvgIpc) is 3.30. The Kier molecular flexibility index (Phi) is 4.75. The molecule has 1 aromatic carbocycles. The summed E-state index contributed by atoms with van der Waals surface area (Å²) in [4.78, 5) is 8.49. The van der Waals surface area contributed by atoms with E-state index >= 15 is 0 Å². The van der Waals surface area contributed by atoms with Gasteiger partial charge in [-0.15, -0.1) is 11.5 Å². The lowest BCUT2D eigenvalue weighted by molar-refractivity contribution is 0.621. The third-order valence-corrected chi connectivity index (χ3v) is 4.88. The van der Waals surface area contributed by atoms with Gasteiger partial charge in [0.25, 0.3) is 0 Å². The fourth-order valence-corrected chi connectivity index (χ4v) is 3.15. The largest absolute Gasteiger partial charge is 0.381 e. The number of hydrogen-bond acceptors (Lipinski definition) is 6. The number of aryl methyl sites for hydroxylation is 2. The number of nitrogens with two attached hydrogens (primary N) is 1. The number of nitrogen functional groups attached to an aromatic ring is 1. The molecule has 3 heterocycles. The molecule has 0 radical (unpaired) electrons. The molecule has 0 bridgehead atoms. The molecule has 0 amide bonds. The second-order valence-corrected chi connectivity index (χ2v) is 6.92. The first-order chi connectivity index (χ1) is 14.4. The van der Waals surface area contributed by atoms with Crippen LogP contribution in [-0.2, 0) is 13.6 Å². The minimum atomic E-state index is -0.745. The van der Waals surface area contributed by atoms with Crippen molar-refractivity contribution in [2.24, 2.45) is 7.05 Å². The van der Waals surface area contributed by atoms with Crippen molar-refractivity contribution >= 4 is 5.82 Å². The zero-order valence-corrected chi connectivity index (χ0v) is 16.8. The Morgan fingerprint density at radius 1 is 1.23 bits per heavy atom. The van der Waals surface area contributed by atoms with Crippen LogP contribution in [0.3, 0.4) is 0 Å². The lowest BCUT2D eigenvalue weighted by Gasteiger charge is -2.09. The quantitative estimate of drug-likeness (QED) is 0.527. The van der Waals surface area contributed by atoms with Crippen LogP contribution in [0.25, 0.3) is 22.8 Å². The maximum Gasteiger partial charge on any atom is 0.193 e. The van der Waals surface area contributed by atoms with Crippen molar-refractivity contribution in [1.82, 2.24) is 34.7 Å². The number of hydrogen-bond donors (Lipinski definition) is 1. The summed E-state index contributed by atoms with van der Waals surface area (Å²) >= 11 is 0. The van der Waals surface area contributed by atoms with Gasteiger partial charge in [0.1, 0.15) is 11.4 Å². The molecule has 2 N–H and O–H groups in total. The fourth-order valence-electron chi connectivity index (χ4n) is 3.15. The SMILES string of the molecule is C#Cc1cccc(-c2nc(N)c(F)c(-c3cn(Cc4cc(C)n(C)n4)nn3)n2)c1C. The molecule has 0 saturated carbocycles. The van der Waals surface area contributed by atoms with E-state index in [9.17, 15) is 4.39 Å². The highest BCUT2D eigenvalue weighted by atomic mass is 19.1. The second-order valence-electron chi connectivity index (χ2n) is 6.92. The minimum absolute atomic E-state index is 0.0218. The van der Waals surface area contributed by atoms with Crippen LogP contribution in [0.5, 0.6) is 0 Å². The molecule has 30 heavy (non-hydrogen) atoms. The third-order valence-electron chi connectivity index (χ3n) is 4.88. The first kappa shape index (κ1) is 19.3. The average molecular weight is 402 g/mol. The third kappa shape index (κ3) is 3.39. The Balaban J connectivity index is 1.74. The van der Waals surface area contributed by atoms with E-state index in [0.717, 1.165) is 17.0 Å². The lowest BCUT2D eigenvalue weighted by Crippen LogP contribution is -2.04. The number of nitrogens with zero attached hydrogens (tertiary/aromatic N) is 7. The van der Waals surface area contributed by atoms with Crippen LogP contribution >= 0.6 is 0 Å². The van der Waals surface area contributed by atoms with E-state index in [2.05, 4.69) is 31.3 Å². The van der Waals surface area contributed by atoms with Gasteiger partial charge < -0.3 is 5.73 Å². The molecular formula is C21H19FN8. The molecule has 150 valence electrons. The minimum Gasteiger partial charge on any atom is -0.381 e. The molecule has 0 aliphatic heterocycles. The van der Waals surface area contributed by atoms with Crippen molar-refractivity contribution in [3.63, 3.8) is 0 Å². The smallest absolute Gasteiger partial charge is 0.193 e. The Bertz CT molecular complexity index is 1280. The van der Waals surface area contributed by atoms with Crippen molar-refractivity contribution in [2.45, 2.75) is 20.4 Å². The van der Waals surface area contributed by atoms with Gasteiger partial charge in [0, 0.05) is 23.9 Å². The van der Waals surface area contributed by atoms with Crippen LogP contribution in [0.15, 0.2) is 30.5 Å². The van der Waals surface area contributed by atoms with E-state index < -0.39 is 5.82 Å². The standard InChI is InChI=1S/C21H19FN8/c1-5-14-7-6-8-16(13(14)3)21-24-19(18(22)20(23)25-21)17-11-30(28-26-17)10-15-9-12(2)29(4)27-15/h1,6-9,11H,10H2,2-4H3,(H2,23,24,25). The van der Waals surface area contributed by atoms with Crippen LogP contribution in [0, 0.1) is 32.0 Å². The van der Waals surface area contributed by atoms with E-state index in [1.54, 1.807) is 21.6 Å². The second kappa shape index (κ2) is 7.40. The van der Waals surface area contributed by atoms with Crippen LogP contribution in [0.1, 0.15) is 22.5 Å². The normalized spacial score (nSPS) is 10.9. The molecule has 4 aromatic rings. The van der Waals surface area contributed by atoms with E-state index in [4.69, 9.17) is 12.2 Å². The molecule has 0 aliphatic rings. The molecule has 8 nitrogen and oxygen atoms in total. The van der Waals surface area contributed by atoms with Gasteiger partial charge >= 0.3 is 0 Å². The van der Waals surface area contributed by atoms with Crippen LogP contribution < -0.4 is 5.73 Å². The highest BCUT2D eigenvalue weighted by Crippen LogP contribution is 2.28. The highest BCUT2D eigenvalue weighted by molar-refractivity contribution is 5.69. The number of rotatable bonds is 4. The van der Waals surface area contributed by atoms with Crippen LogP contribution in [-0.4, -0.2) is 34.7 Å². The van der Waals surface area contributed by atoms with Crippen molar-refractivity contribution in [2.75, 3.05) is 5.73 Å². The molecule has 0 unspecified atom stereocenters. The molecule has 9 heteroatoms. The van der Waals surface area contributed by atoms with Crippen LogP contribution in [0.4, 0.5) is 10.2 Å². The van der Waals surface area contributed by atoms with Gasteiger partial charge in [0.15, 0.2) is 17.5 Å². The van der Waals surface area contributed by atoms with Gasteiger partial charge in [-0.1, -0.05) is 23.3 Å². The van der Waals surface area contributed by atoms with Gasteiger partial charge in [-0.25, -0.2) is 19.0 Å². The first-order valence-corrected chi connectivity index (χ1v) is 9.17. The monoisotopic (exact) mass is 402 g/mol. The topological polar surface area (TPSA) is 100 Å². The van der Waals surface area contributed by atoms with Gasteiger partial charge in [0.2, 0.25) is 0 Å². The summed E-state index contributed by atoms with van der Waals surface area (Å²) in [5.74, 6) is 1.87. The van der Waals surface area contributed by atoms with Crippen molar-refractivity contribution < 1.29 is 4.39 Å². The molecule has 0 aliphatic carbocycles. The van der Waals surface area contributed by atoms with Crippen LogP contribution in [0.2, 0.25) is 0 Å². The number of terminal acetylenes is 1. The Morgan fingerprint density at radius 3 is 2.73 bits per heavy atom. The lowest BCUT2D eigenvalue weighted by atomic mass is 10.0. The predicted molar refractivity (Wildman–Crippen MR) is 111 cm³/mol. The number of halogens is 1. The zero-order valence-electron chi connectivity index (χ0n) is 16.8. The van der Waals surface area contributed by atoms with Gasteiger partial charge in [-0.2, -0.15) is 5.10 Å². The Morgan fingerprint density at radius 2 is 2.03 bits per heavy atom. The fraction of sp³-hybridized carbons (Fsp3) is 0.190. The summed E-state index contributed by atoms with van der Waals surface area (Å²) in [5.41, 5.74) is 10.1. The van der Waals surface area contributed by atoms with E-state index in [1.807, 2.05) is 39.1 Å². The van der Waals surface area contributed by atoms with Crippen molar-refractivity contribution in [1.29, 1.82) is 0 Å². The summed E-state index contributed by atoms with van der Waals surface area (Å²) in [6.07, 6.45) is 7.15. The summed E-state index contributed by atoms with van der Waals surface area (Å²) in [6.45, 7) is 4.21. The van der Waals surface area contributed by atoms with Crippen molar-refractivity contribution in [3.05, 3.63) is 58.8 Å². The van der Waals surface area contributed by atoms with E-state index in [1.165, 1.54) is 0 Å². The molecule has 4 rings (SSSR count). The molecule has 0 spiro atoms. The summed E-state index contributed by atoms with van der Waals surface area (Å²) in [7, 11) is 1.86. The maximum absolute atomic E-state index is 14.7. The van der Waals surface area contributed by atoms with E-state index in [-0.39, 0.29) is 23.0 Å². The van der Waals surface area contributed by atoms with E-state index in [0.29, 0.717) is 17.7 Å². The first-order valence-electron chi connectivity index (χ1n) is 9.17. The summed E-state index contributed by atoms with van der Waals surface area (Å²) < 4.78 is 18.1. The van der Waals surface area contributed by atoms with Gasteiger partial charge in [0.05, 0.1) is 18.4 Å². The summed E-state index contributed by atoms with van der Waals surface area (Å²) in [6, 6.07) is 7.37. The van der Waals surface area contributed by atoms with Gasteiger partial charge in [-0.05, 0) is 31.5 Å². The predicted octanol–water partition coefficient (Wildman–Crippen LogP) is 2.50. The molecule has 3 aromatic heterocycles. The molecular weight excluding hydrogens is 383 g/mol. The number of benzene rings is 1. The highest BCUT2D eigenvalue weighted by Gasteiger charge is 2.19.